The minimum absolute atomic E-state index is 0.000971. The summed E-state index contributed by atoms with van der Waals surface area (Å²) < 4.78 is 1.43. The number of hydrogen-bond donors (Lipinski definition) is 1. The quantitative estimate of drug-likeness (QED) is 0.666. The second-order valence-corrected chi connectivity index (χ2v) is 7.13. The summed E-state index contributed by atoms with van der Waals surface area (Å²) >= 11 is 0. The van der Waals surface area contributed by atoms with Gasteiger partial charge in [0.15, 0.2) is 0 Å². The molecule has 0 saturated heterocycles. The Balaban J connectivity index is 1.61. The first kappa shape index (κ1) is 16.0. The van der Waals surface area contributed by atoms with Gasteiger partial charge in [0, 0.05) is 6.04 Å². The molecule has 7 nitrogen and oxygen atoms in total. The molecule has 0 unspecified atom stereocenters. The molecule has 2 aliphatic rings. The van der Waals surface area contributed by atoms with E-state index in [0.29, 0.717) is 17.3 Å². The molecule has 1 amide bonds. The Morgan fingerprint density at radius 3 is 2.70 bits per heavy atom. The van der Waals surface area contributed by atoms with Gasteiger partial charge in [0.25, 0.3) is 0 Å². The molecule has 2 bridgehead atoms. The van der Waals surface area contributed by atoms with Gasteiger partial charge in [0.05, 0.1) is 4.92 Å². The van der Waals surface area contributed by atoms with Crippen LogP contribution in [-0.2, 0) is 11.3 Å². The number of nitrogens with one attached hydrogen (secondary N) is 1. The smallest absolute Gasteiger partial charge is 0.312 e. The Kier molecular flexibility index (Phi) is 4.12. The number of fused-ring (bicyclic) bond motifs is 2. The number of aromatic nitrogens is 2. The SMILES string of the molecule is Cc1nn(CC(=O)N[C@@H](C)[C@H]2C[C@@H]3CC[C@@H]2C3)c(C)c1[N+](=O)[O-]. The molecule has 2 aliphatic carbocycles. The maximum Gasteiger partial charge on any atom is 0.312 e. The fourth-order valence-corrected chi connectivity index (χ4v) is 4.55. The maximum atomic E-state index is 12.3. The van der Waals surface area contributed by atoms with Crippen molar-refractivity contribution in [3.05, 3.63) is 21.5 Å². The van der Waals surface area contributed by atoms with Crippen molar-refractivity contribution in [1.82, 2.24) is 15.1 Å². The van der Waals surface area contributed by atoms with Crippen molar-refractivity contribution < 1.29 is 9.72 Å². The zero-order valence-corrected chi connectivity index (χ0v) is 13.9. The van der Waals surface area contributed by atoms with Crippen molar-refractivity contribution >= 4 is 11.6 Å². The zero-order valence-electron chi connectivity index (χ0n) is 13.9. The highest BCUT2D eigenvalue weighted by atomic mass is 16.6. The lowest BCUT2D eigenvalue weighted by molar-refractivity contribution is -0.386. The molecule has 2 fully saturated rings. The first-order valence-corrected chi connectivity index (χ1v) is 8.34. The van der Waals surface area contributed by atoms with Gasteiger partial charge in [-0.1, -0.05) is 6.42 Å². The number of amides is 1. The van der Waals surface area contributed by atoms with Crippen LogP contribution in [0.4, 0.5) is 5.69 Å². The summed E-state index contributed by atoms with van der Waals surface area (Å²) in [7, 11) is 0. The minimum Gasteiger partial charge on any atom is -0.352 e. The van der Waals surface area contributed by atoms with Crippen LogP contribution in [0.1, 0.15) is 44.0 Å². The van der Waals surface area contributed by atoms with Gasteiger partial charge in [-0.3, -0.25) is 19.6 Å². The maximum absolute atomic E-state index is 12.3. The van der Waals surface area contributed by atoms with E-state index in [1.54, 1.807) is 13.8 Å². The van der Waals surface area contributed by atoms with Crippen LogP contribution in [0.3, 0.4) is 0 Å². The van der Waals surface area contributed by atoms with E-state index < -0.39 is 4.92 Å². The average molecular weight is 320 g/mol. The molecule has 7 heteroatoms. The summed E-state index contributed by atoms with van der Waals surface area (Å²) in [5.41, 5.74) is 0.774. The van der Waals surface area contributed by atoms with Crippen molar-refractivity contribution in [2.75, 3.05) is 0 Å². The van der Waals surface area contributed by atoms with E-state index in [2.05, 4.69) is 17.3 Å². The number of rotatable bonds is 5. The van der Waals surface area contributed by atoms with Crippen molar-refractivity contribution in [3.63, 3.8) is 0 Å². The highest BCUT2D eigenvalue weighted by Gasteiger charge is 2.42. The fourth-order valence-electron chi connectivity index (χ4n) is 4.55. The van der Waals surface area contributed by atoms with Gasteiger partial charge >= 0.3 is 5.69 Å². The lowest BCUT2D eigenvalue weighted by Crippen LogP contribution is -2.41. The average Bonchev–Trinajstić information content (AvgIpc) is 3.14. The van der Waals surface area contributed by atoms with Crippen LogP contribution in [0.15, 0.2) is 0 Å². The van der Waals surface area contributed by atoms with Gasteiger partial charge in [-0.25, -0.2) is 0 Å². The standard InChI is InChI=1S/C16H24N4O3/c1-9(14-7-12-4-5-13(14)6-12)17-15(21)8-19-11(3)16(20(22)23)10(2)18-19/h9,12-14H,4-8H2,1-3H3,(H,17,21)/t9-,12+,13+,14+/m0/s1. The molecule has 1 heterocycles. The van der Waals surface area contributed by atoms with Gasteiger partial charge < -0.3 is 5.32 Å². The van der Waals surface area contributed by atoms with Gasteiger partial charge in [-0.2, -0.15) is 5.10 Å². The molecule has 1 aromatic rings. The van der Waals surface area contributed by atoms with E-state index in [9.17, 15) is 14.9 Å². The summed E-state index contributed by atoms with van der Waals surface area (Å²) in [5.74, 6) is 2.06. The largest absolute Gasteiger partial charge is 0.352 e. The molecule has 1 N–H and O–H groups in total. The number of hydrogen-bond acceptors (Lipinski definition) is 4. The Bertz CT molecular complexity index is 640. The van der Waals surface area contributed by atoms with E-state index in [4.69, 9.17) is 0 Å². The Labute approximate surface area is 135 Å². The van der Waals surface area contributed by atoms with Crippen LogP contribution >= 0.6 is 0 Å². The normalized spacial score (nSPS) is 27.2. The number of nitrogens with zero attached hydrogens (tertiary/aromatic N) is 3. The van der Waals surface area contributed by atoms with E-state index in [1.165, 1.54) is 30.4 Å². The van der Waals surface area contributed by atoms with Crippen LogP contribution in [0.25, 0.3) is 0 Å². The second-order valence-electron chi connectivity index (χ2n) is 7.13. The molecule has 0 aromatic carbocycles. The minimum atomic E-state index is -0.441. The molecule has 3 rings (SSSR count). The molecular weight excluding hydrogens is 296 g/mol. The Morgan fingerprint density at radius 1 is 1.43 bits per heavy atom. The third-order valence-corrected chi connectivity index (χ3v) is 5.64. The summed E-state index contributed by atoms with van der Waals surface area (Å²) in [5, 5.41) is 18.2. The fraction of sp³-hybridized carbons (Fsp3) is 0.750. The number of carbonyl (C=O) groups is 1. The topological polar surface area (TPSA) is 90.1 Å². The number of nitro groups is 1. The summed E-state index contributed by atoms with van der Waals surface area (Å²) in [6, 6.07) is 0.157. The van der Waals surface area contributed by atoms with E-state index in [-0.39, 0.29) is 24.2 Å². The predicted molar refractivity (Wildman–Crippen MR) is 84.9 cm³/mol. The Morgan fingerprint density at radius 2 is 2.17 bits per heavy atom. The molecule has 4 atom stereocenters. The zero-order chi connectivity index (χ0) is 16.7. The van der Waals surface area contributed by atoms with Crippen LogP contribution in [-0.4, -0.2) is 26.7 Å². The molecule has 0 radical (unpaired) electrons. The molecular formula is C16H24N4O3. The monoisotopic (exact) mass is 320 g/mol. The molecule has 1 aromatic heterocycles. The molecule has 0 aliphatic heterocycles. The van der Waals surface area contributed by atoms with E-state index in [1.807, 2.05) is 0 Å². The lowest BCUT2D eigenvalue weighted by Gasteiger charge is -2.28. The van der Waals surface area contributed by atoms with Gasteiger partial charge in [-0.15, -0.1) is 0 Å². The first-order valence-electron chi connectivity index (χ1n) is 8.34. The molecule has 126 valence electrons. The third-order valence-electron chi connectivity index (χ3n) is 5.64. The van der Waals surface area contributed by atoms with Crippen molar-refractivity contribution in [2.24, 2.45) is 17.8 Å². The van der Waals surface area contributed by atoms with Crippen molar-refractivity contribution in [2.45, 2.75) is 59.0 Å². The number of aryl methyl sites for hydroxylation is 1. The summed E-state index contributed by atoms with van der Waals surface area (Å²) in [6.45, 7) is 5.33. The van der Waals surface area contributed by atoms with Crippen LogP contribution in [0.5, 0.6) is 0 Å². The van der Waals surface area contributed by atoms with Crippen molar-refractivity contribution in [1.29, 1.82) is 0 Å². The van der Waals surface area contributed by atoms with Gasteiger partial charge in [0.2, 0.25) is 5.91 Å². The van der Waals surface area contributed by atoms with Crippen LogP contribution in [0, 0.1) is 41.7 Å². The van der Waals surface area contributed by atoms with Crippen LogP contribution < -0.4 is 5.32 Å². The summed E-state index contributed by atoms with van der Waals surface area (Å²) in [4.78, 5) is 22.9. The Hall–Kier alpha value is -1.92. The predicted octanol–water partition coefficient (Wildman–Crippen LogP) is 2.35. The van der Waals surface area contributed by atoms with Crippen molar-refractivity contribution in [3.8, 4) is 0 Å². The van der Waals surface area contributed by atoms with Gasteiger partial charge in [-0.05, 0) is 57.8 Å². The molecule has 0 spiro atoms. The van der Waals surface area contributed by atoms with E-state index >= 15 is 0 Å². The summed E-state index contributed by atoms with van der Waals surface area (Å²) in [6.07, 6.45) is 5.17. The third kappa shape index (κ3) is 2.96. The second kappa shape index (κ2) is 5.94. The highest BCUT2D eigenvalue weighted by molar-refractivity contribution is 5.76. The van der Waals surface area contributed by atoms with Crippen LogP contribution in [0.2, 0.25) is 0 Å². The molecule has 23 heavy (non-hydrogen) atoms. The van der Waals surface area contributed by atoms with Gasteiger partial charge in [0.1, 0.15) is 17.9 Å². The highest BCUT2D eigenvalue weighted by Crippen LogP contribution is 2.49. The van der Waals surface area contributed by atoms with E-state index in [0.717, 1.165) is 11.8 Å². The first-order chi connectivity index (χ1) is 10.9. The molecule has 2 saturated carbocycles. The lowest BCUT2D eigenvalue weighted by atomic mass is 9.84. The number of carbonyl (C=O) groups excluding carboxylic acids is 1.